The van der Waals surface area contributed by atoms with Crippen molar-refractivity contribution < 1.29 is 4.79 Å². The van der Waals surface area contributed by atoms with Gasteiger partial charge in [-0.05, 0) is 50.7 Å². The molecule has 0 aromatic heterocycles. The van der Waals surface area contributed by atoms with Crippen LogP contribution in [-0.2, 0) is 11.3 Å². The standard InChI is InChI=1S/C18H26ClN3O/c1-20-10-12-22(13-11-20)18(23)16-6-8-21(9-7-16)14-15-2-4-17(19)5-3-15/h2-5,16H,6-14H2,1H3. The first-order valence-corrected chi connectivity index (χ1v) is 8.94. The van der Waals surface area contributed by atoms with E-state index in [1.54, 1.807) is 0 Å². The van der Waals surface area contributed by atoms with E-state index in [9.17, 15) is 4.79 Å². The summed E-state index contributed by atoms with van der Waals surface area (Å²) in [5.41, 5.74) is 1.29. The van der Waals surface area contributed by atoms with Crippen LogP contribution in [0.1, 0.15) is 18.4 Å². The number of nitrogens with zero attached hydrogens (tertiary/aromatic N) is 3. The molecule has 1 amide bonds. The molecule has 0 unspecified atom stereocenters. The van der Waals surface area contributed by atoms with Crippen LogP contribution >= 0.6 is 11.6 Å². The first-order valence-electron chi connectivity index (χ1n) is 8.56. The van der Waals surface area contributed by atoms with E-state index in [0.29, 0.717) is 5.91 Å². The lowest BCUT2D eigenvalue weighted by Gasteiger charge is -2.37. The number of halogens is 1. The summed E-state index contributed by atoms with van der Waals surface area (Å²) in [5, 5.41) is 0.783. The number of likely N-dealkylation sites (tertiary alicyclic amines) is 1. The van der Waals surface area contributed by atoms with Crippen molar-refractivity contribution in [2.24, 2.45) is 5.92 Å². The summed E-state index contributed by atoms with van der Waals surface area (Å²) in [6, 6.07) is 8.06. The SMILES string of the molecule is CN1CCN(C(=O)C2CCN(Cc3ccc(Cl)cc3)CC2)CC1. The molecule has 0 atom stereocenters. The number of hydrogen-bond acceptors (Lipinski definition) is 3. The third-order valence-corrected chi connectivity index (χ3v) is 5.32. The molecule has 2 aliphatic rings. The van der Waals surface area contributed by atoms with Gasteiger partial charge in [0.05, 0.1) is 0 Å². The zero-order chi connectivity index (χ0) is 16.2. The molecule has 0 spiro atoms. The summed E-state index contributed by atoms with van der Waals surface area (Å²) in [5.74, 6) is 0.601. The molecule has 126 valence electrons. The third-order valence-electron chi connectivity index (χ3n) is 5.07. The smallest absolute Gasteiger partial charge is 0.225 e. The Labute approximate surface area is 144 Å². The van der Waals surface area contributed by atoms with E-state index in [1.807, 2.05) is 12.1 Å². The van der Waals surface area contributed by atoms with Crippen molar-refractivity contribution in [1.29, 1.82) is 0 Å². The molecule has 3 rings (SSSR count). The van der Waals surface area contributed by atoms with Crippen LogP contribution in [0.5, 0.6) is 0 Å². The Bertz CT molecular complexity index is 518. The molecule has 2 saturated heterocycles. The summed E-state index contributed by atoms with van der Waals surface area (Å²) >= 11 is 5.93. The van der Waals surface area contributed by atoms with Crippen LogP contribution in [0.3, 0.4) is 0 Å². The summed E-state index contributed by atoms with van der Waals surface area (Å²) < 4.78 is 0. The number of benzene rings is 1. The summed E-state index contributed by atoms with van der Waals surface area (Å²) in [7, 11) is 2.12. The molecule has 0 N–H and O–H groups in total. The summed E-state index contributed by atoms with van der Waals surface area (Å²) in [6.45, 7) is 6.75. The lowest BCUT2D eigenvalue weighted by molar-refractivity contribution is -0.138. The van der Waals surface area contributed by atoms with Gasteiger partial charge in [-0.1, -0.05) is 23.7 Å². The van der Waals surface area contributed by atoms with Crippen molar-refractivity contribution in [2.45, 2.75) is 19.4 Å². The van der Waals surface area contributed by atoms with Crippen molar-refractivity contribution >= 4 is 17.5 Å². The van der Waals surface area contributed by atoms with Crippen LogP contribution in [0.15, 0.2) is 24.3 Å². The van der Waals surface area contributed by atoms with Crippen LogP contribution in [-0.4, -0.2) is 66.9 Å². The molecule has 0 bridgehead atoms. The van der Waals surface area contributed by atoms with Crippen LogP contribution < -0.4 is 0 Å². The first-order chi connectivity index (χ1) is 11.1. The molecule has 2 fully saturated rings. The van der Waals surface area contributed by atoms with Gasteiger partial charge in [-0.2, -0.15) is 0 Å². The number of carbonyl (C=O) groups excluding carboxylic acids is 1. The third kappa shape index (κ3) is 4.46. The minimum Gasteiger partial charge on any atom is -0.340 e. The first kappa shape index (κ1) is 16.7. The molecular formula is C18H26ClN3O. The number of hydrogen-bond donors (Lipinski definition) is 0. The van der Waals surface area contributed by atoms with Crippen LogP contribution in [0.25, 0.3) is 0 Å². The number of amides is 1. The zero-order valence-corrected chi connectivity index (χ0v) is 14.6. The van der Waals surface area contributed by atoms with Gasteiger partial charge in [-0.25, -0.2) is 0 Å². The number of carbonyl (C=O) groups is 1. The molecule has 2 aliphatic heterocycles. The van der Waals surface area contributed by atoms with Gasteiger partial charge in [0.2, 0.25) is 5.91 Å². The molecule has 0 radical (unpaired) electrons. The van der Waals surface area contributed by atoms with Crippen molar-refractivity contribution in [3.8, 4) is 0 Å². The van der Waals surface area contributed by atoms with Crippen molar-refractivity contribution in [3.63, 3.8) is 0 Å². The lowest BCUT2D eigenvalue weighted by atomic mass is 9.94. The van der Waals surface area contributed by atoms with E-state index in [1.165, 1.54) is 5.56 Å². The van der Waals surface area contributed by atoms with E-state index < -0.39 is 0 Å². The van der Waals surface area contributed by atoms with Gasteiger partial charge in [0.25, 0.3) is 0 Å². The second kappa shape index (κ2) is 7.65. The summed E-state index contributed by atoms with van der Waals surface area (Å²) in [4.78, 5) is 19.4. The highest BCUT2D eigenvalue weighted by atomic mass is 35.5. The fourth-order valence-corrected chi connectivity index (χ4v) is 3.60. The highest BCUT2D eigenvalue weighted by Gasteiger charge is 2.29. The fourth-order valence-electron chi connectivity index (χ4n) is 3.47. The molecule has 5 heteroatoms. The number of rotatable bonds is 3. The molecule has 0 saturated carbocycles. The average Bonchev–Trinajstić information content (AvgIpc) is 2.58. The van der Waals surface area contributed by atoms with E-state index in [2.05, 4.69) is 33.9 Å². The van der Waals surface area contributed by atoms with Crippen LogP contribution in [0, 0.1) is 5.92 Å². The molecule has 23 heavy (non-hydrogen) atoms. The maximum atomic E-state index is 12.6. The highest BCUT2D eigenvalue weighted by Crippen LogP contribution is 2.22. The second-order valence-corrected chi connectivity index (χ2v) is 7.24. The topological polar surface area (TPSA) is 26.8 Å². The van der Waals surface area contributed by atoms with Gasteiger partial charge >= 0.3 is 0 Å². The minimum absolute atomic E-state index is 0.222. The van der Waals surface area contributed by atoms with E-state index in [4.69, 9.17) is 11.6 Å². The Kier molecular flexibility index (Phi) is 5.57. The monoisotopic (exact) mass is 335 g/mol. The molecule has 1 aromatic rings. The van der Waals surface area contributed by atoms with Gasteiger partial charge in [0.15, 0.2) is 0 Å². The van der Waals surface area contributed by atoms with E-state index >= 15 is 0 Å². The number of likely N-dealkylation sites (N-methyl/N-ethyl adjacent to an activating group) is 1. The Morgan fingerprint density at radius 2 is 1.65 bits per heavy atom. The largest absolute Gasteiger partial charge is 0.340 e. The summed E-state index contributed by atoms with van der Waals surface area (Å²) in [6.07, 6.45) is 1.97. The molecule has 2 heterocycles. The Balaban J connectivity index is 1.46. The molecule has 1 aromatic carbocycles. The predicted molar refractivity (Wildman–Crippen MR) is 93.5 cm³/mol. The van der Waals surface area contributed by atoms with Gasteiger partial charge in [0, 0.05) is 43.7 Å². The molecular weight excluding hydrogens is 310 g/mol. The predicted octanol–water partition coefficient (Wildman–Crippen LogP) is 2.33. The van der Waals surface area contributed by atoms with Gasteiger partial charge in [-0.15, -0.1) is 0 Å². The number of piperazine rings is 1. The molecule has 0 aliphatic carbocycles. The van der Waals surface area contributed by atoms with E-state index in [-0.39, 0.29) is 5.92 Å². The Morgan fingerprint density at radius 3 is 2.26 bits per heavy atom. The van der Waals surface area contributed by atoms with Crippen LogP contribution in [0.4, 0.5) is 0 Å². The maximum Gasteiger partial charge on any atom is 0.225 e. The Morgan fingerprint density at radius 1 is 1.04 bits per heavy atom. The normalized spacial score (nSPS) is 21.6. The maximum absolute atomic E-state index is 12.6. The van der Waals surface area contributed by atoms with Gasteiger partial charge in [0.1, 0.15) is 0 Å². The molecule has 4 nitrogen and oxygen atoms in total. The number of piperidine rings is 1. The Hall–Kier alpha value is -1.10. The average molecular weight is 336 g/mol. The van der Waals surface area contributed by atoms with Crippen molar-refractivity contribution in [3.05, 3.63) is 34.9 Å². The van der Waals surface area contributed by atoms with Gasteiger partial charge in [-0.3, -0.25) is 9.69 Å². The van der Waals surface area contributed by atoms with E-state index in [0.717, 1.165) is 63.7 Å². The second-order valence-electron chi connectivity index (χ2n) is 6.81. The van der Waals surface area contributed by atoms with Crippen LogP contribution in [0.2, 0.25) is 5.02 Å². The lowest BCUT2D eigenvalue weighted by Crippen LogP contribution is -2.50. The zero-order valence-electron chi connectivity index (χ0n) is 13.9. The van der Waals surface area contributed by atoms with Gasteiger partial charge < -0.3 is 9.80 Å². The quantitative estimate of drug-likeness (QED) is 0.848. The van der Waals surface area contributed by atoms with Crippen molar-refractivity contribution in [1.82, 2.24) is 14.7 Å². The highest BCUT2D eigenvalue weighted by molar-refractivity contribution is 6.30. The van der Waals surface area contributed by atoms with Crippen molar-refractivity contribution in [2.75, 3.05) is 46.3 Å². The minimum atomic E-state index is 0.222. The fraction of sp³-hybridized carbons (Fsp3) is 0.611.